The van der Waals surface area contributed by atoms with Crippen molar-refractivity contribution >= 4 is 16.2 Å². The second-order valence-corrected chi connectivity index (χ2v) is 9.79. The van der Waals surface area contributed by atoms with Gasteiger partial charge >= 0.3 is 0 Å². The van der Waals surface area contributed by atoms with E-state index in [9.17, 15) is 8.42 Å². The Morgan fingerprint density at radius 1 is 1.24 bits per heavy atom. The first kappa shape index (κ1) is 20.6. The first-order valence-electron chi connectivity index (χ1n) is 10.4. The molecule has 160 valence electrons. The van der Waals surface area contributed by atoms with Gasteiger partial charge in [-0.2, -0.15) is 17.8 Å². The number of likely N-dealkylation sites (tertiary alicyclic amines) is 1. The molecule has 0 unspecified atom stereocenters. The SMILES string of the molecule is Cc1cc2c(nc1O[C@@H](C)CN1CCCCC1)OC1(C=NS2(=O)=O)CCOCC1. The maximum absolute atomic E-state index is 12.7. The maximum atomic E-state index is 12.7. The fourth-order valence-corrected chi connectivity index (χ4v) is 5.13. The first-order chi connectivity index (χ1) is 13.9. The van der Waals surface area contributed by atoms with E-state index in [0.717, 1.165) is 19.6 Å². The highest BCUT2D eigenvalue weighted by Gasteiger charge is 2.39. The van der Waals surface area contributed by atoms with Crippen molar-refractivity contribution in [3.05, 3.63) is 11.6 Å². The molecule has 0 aliphatic carbocycles. The van der Waals surface area contributed by atoms with Crippen LogP contribution in [-0.4, -0.2) is 69.1 Å². The summed E-state index contributed by atoms with van der Waals surface area (Å²) in [6.45, 7) is 7.79. The molecule has 2 saturated heterocycles. The van der Waals surface area contributed by atoms with Crippen LogP contribution in [0.4, 0.5) is 0 Å². The van der Waals surface area contributed by atoms with Crippen molar-refractivity contribution in [2.45, 2.75) is 62.6 Å². The molecule has 3 aliphatic rings. The number of sulfonamides is 1. The van der Waals surface area contributed by atoms with Gasteiger partial charge in [-0.15, -0.1) is 0 Å². The molecule has 0 bridgehead atoms. The van der Waals surface area contributed by atoms with E-state index in [2.05, 4.69) is 14.3 Å². The molecule has 0 saturated carbocycles. The van der Waals surface area contributed by atoms with Crippen LogP contribution in [0.25, 0.3) is 0 Å². The zero-order valence-corrected chi connectivity index (χ0v) is 17.9. The summed E-state index contributed by atoms with van der Waals surface area (Å²) in [6, 6.07) is 1.55. The number of hydrogen-bond acceptors (Lipinski definition) is 7. The van der Waals surface area contributed by atoms with E-state index in [1.54, 1.807) is 13.0 Å². The highest BCUT2D eigenvalue weighted by molar-refractivity contribution is 7.90. The molecule has 9 heteroatoms. The third kappa shape index (κ3) is 4.57. The van der Waals surface area contributed by atoms with Crippen LogP contribution in [0.2, 0.25) is 0 Å². The van der Waals surface area contributed by atoms with Crippen molar-refractivity contribution in [2.24, 2.45) is 4.40 Å². The molecule has 0 N–H and O–H groups in total. The molecule has 0 radical (unpaired) electrons. The number of aryl methyl sites for hydroxylation is 1. The summed E-state index contributed by atoms with van der Waals surface area (Å²) in [6.07, 6.45) is 6.14. The quantitative estimate of drug-likeness (QED) is 0.734. The summed E-state index contributed by atoms with van der Waals surface area (Å²) in [5, 5.41) is 0. The Hall–Kier alpha value is -1.71. The summed E-state index contributed by atoms with van der Waals surface area (Å²) in [5.41, 5.74) is -0.158. The minimum Gasteiger partial charge on any atom is -0.473 e. The molecule has 8 nitrogen and oxygen atoms in total. The molecule has 0 amide bonds. The van der Waals surface area contributed by atoms with Crippen molar-refractivity contribution in [3.8, 4) is 11.8 Å². The van der Waals surface area contributed by atoms with Crippen molar-refractivity contribution in [2.75, 3.05) is 32.8 Å². The summed E-state index contributed by atoms with van der Waals surface area (Å²) in [4.78, 5) is 6.88. The number of pyridine rings is 1. The lowest BCUT2D eigenvalue weighted by molar-refractivity contribution is -0.00626. The summed E-state index contributed by atoms with van der Waals surface area (Å²) in [5.74, 6) is 0.475. The Morgan fingerprint density at radius 2 is 1.97 bits per heavy atom. The van der Waals surface area contributed by atoms with Gasteiger partial charge in [0.05, 0.1) is 19.4 Å². The smallest absolute Gasteiger partial charge is 0.287 e. The van der Waals surface area contributed by atoms with Crippen LogP contribution in [0.15, 0.2) is 15.4 Å². The summed E-state index contributed by atoms with van der Waals surface area (Å²) in [7, 11) is -3.87. The Labute approximate surface area is 172 Å². The normalized spacial score (nSPS) is 24.3. The second kappa shape index (κ2) is 8.20. The predicted molar refractivity (Wildman–Crippen MR) is 108 cm³/mol. The van der Waals surface area contributed by atoms with Gasteiger partial charge in [0.2, 0.25) is 11.8 Å². The number of rotatable bonds is 4. The fraction of sp³-hybridized carbons (Fsp3) is 0.700. The van der Waals surface area contributed by atoms with Crippen LogP contribution in [0.3, 0.4) is 0 Å². The second-order valence-electron chi connectivity index (χ2n) is 8.19. The van der Waals surface area contributed by atoms with E-state index in [4.69, 9.17) is 14.2 Å². The lowest BCUT2D eigenvalue weighted by atomic mass is 9.95. The average molecular weight is 424 g/mol. The number of fused-ring (bicyclic) bond motifs is 1. The van der Waals surface area contributed by atoms with Gasteiger partial charge in [0.1, 0.15) is 6.10 Å². The number of ether oxygens (including phenoxy) is 3. The topological polar surface area (TPSA) is 90.3 Å². The fourth-order valence-electron chi connectivity index (χ4n) is 4.06. The Morgan fingerprint density at radius 3 is 2.69 bits per heavy atom. The molecule has 1 atom stereocenters. The zero-order valence-electron chi connectivity index (χ0n) is 17.1. The van der Waals surface area contributed by atoms with Gasteiger partial charge in [0.15, 0.2) is 10.5 Å². The maximum Gasteiger partial charge on any atom is 0.287 e. The lowest BCUT2D eigenvalue weighted by Crippen LogP contribution is -2.43. The van der Waals surface area contributed by atoms with Crippen LogP contribution in [0, 0.1) is 6.92 Å². The molecular formula is C20H29N3O5S. The van der Waals surface area contributed by atoms with Crippen LogP contribution in [0.5, 0.6) is 11.8 Å². The van der Waals surface area contributed by atoms with Crippen molar-refractivity contribution < 1.29 is 22.6 Å². The Bertz CT molecular complexity index is 874. The van der Waals surface area contributed by atoms with E-state index in [1.165, 1.54) is 25.5 Å². The molecule has 4 rings (SSSR count). The molecular weight excluding hydrogens is 394 g/mol. The van der Waals surface area contributed by atoms with E-state index in [-0.39, 0.29) is 16.9 Å². The summed E-state index contributed by atoms with van der Waals surface area (Å²) < 4.78 is 46.9. The average Bonchev–Trinajstić information content (AvgIpc) is 2.79. The van der Waals surface area contributed by atoms with Gasteiger partial charge in [0.25, 0.3) is 10.0 Å². The highest BCUT2D eigenvalue weighted by Crippen LogP contribution is 2.36. The predicted octanol–water partition coefficient (Wildman–Crippen LogP) is 2.34. The van der Waals surface area contributed by atoms with Gasteiger partial charge in [-0.3, -0.25) is 4.90 Å². The molecule has 1 aromatic rings. The van der Waals surface area contributed by atoms with Crippen LogP contribution in [-0.2, 0) is 14.8 Å². The van der Waals surface area contributed by atoms with Gasteiger partial charge in [-0.1, -0.05) is 6.42 Å². The molecule has 1 spiro atoms. The van der Waals surface area contributed by atoms with Gasteiger partial charge < -0.3 is 14.2 Å². The molecule has 2 fully saturated rings. The summed E-state index contributed by atoms with van der Waals surface area (Å²) >= 11 is 0. The molecule has 4 heterocycles. The van der Waals surface area contributed by atoms with E-state index in [0.29, 0.717) is 37.5 Å². The minimum absolute atomic E-state index is 0.00866. The third-order valence-corrected chi connectivity index (χ3v) is 6.95. The van der Waals surface area contributed by atoms with Gasteiger partial charge in [-0.05, 0) is 45.8 Å². The van der Waals surface area contributed by atoms with E-state index >= 15 is 0 Å². The van der Waals surface area contributed by atoms with Crippen LogP contribution < -0.4 is 9.47 Å². The molecule has 1 aromatic heterocycles. The van der Waals surface area contributed by atoms with Gasteiger partial charge in [-0.25, -0.2) is 0 Å². The molecule has 0 aromatic carbocycles. The van der Waals surface area contributed by atoms with Crippen molar-refractivity contribution in [1.82, 2.24) is 9.88 Å². The number of aromatic nitrogens is 1. The Balaban J connectivity index is 1.58. The van der Waals surface area contributed by atoms with E-state index < -0.39 is 15.6 Å². The molecule has 3 aliphatic heterocycles. The number of hydrogen-bond donors (Lipinski definition) is 0. The third-order valence-electron chi connectivity index (χ3n) is 5.72. The number of nitrogens with zero attached hydrogens (tertiary/aromatic N) is 3. The van der Waals surface area contributed by atoms with Crippen molar-refractivity contribution in [1.29, 1.82) is 0 Å². The lowest BCUT2D eigenvalue weighted by Gasteiger charge is -2.33. The van der Waals surface area contributed by atoms with Crippen molar-refractivity contribution in [3.63, 3.8) is 0 Å². The Kier molecular flexibility index (Phi) is 5.81. The zero-order chi connectivity index (χ0) is 20.5. The van der Waals surface area contributed by atoms with Crippen LogP contribution >= 0.6 is 0 Å². The monoisotopic (exact) mass is 423 g/mol. The van der Waals surface area contributed by atoms with E-state index in [1.807, 2.05) is 6.92 Å². The number of piperidine rings is 1. The largest absolute Gasteiger partial charge is 0.473 e. The first-order valence-corrected chi connectivity index (χ1v) is 11.8. The van der Waals surface area contributed by atoms with Crippen LogP contribution in [0.1, 0.15) is 44.6 Å². The standard InChI is InChI=1S/C20H29N3O5S/c1-15-12-17-19(22-18(15)27-16(2)13-23-8-4-3-5-9-23)28-20(6-10-26-11-7-20)14-21-29(17,24)25/h12,14,16H,3-11,13H2,1-2H3/t16-/m0/s1. The minimum atomic E-state index is -3.87. The van der Waals surface area contributed by atoms with Gasteiger partial charge in [0, 0.05) is 24.9 Å². The molecule has 29 heavy (non-hydrogen) atoms. The highest BCUT2D eigenvalue weighted by atomic mass is 32.2.